The minimum atomic E-state index is -0.394. The zero-order chi connectivity index (χ0) is 22.4. The molecule has 3 amide bonds. The van der Waals surface area contributed by atoms with E-state index in [1.54, 1.807) is 24.3 Å². The van der Waals surface area contributed by atoms with E-state index in [2.05, 4.69) is 10.6 Å². The van der Waals surface area contributed by atoms with Gasteiger partial charge in [0.25, 0.3) is 5.91 Å². The molecule has 164 valence electrons. The number of carbonyl (C=O) groups excluding carboxylic acids is 3. The Bertz CT molecular complexity index is 949. The lowest BCUT2D eigenvalue weighted by Gasteiger charge is -2.22. The third-order valence-electron chi connectivity index (χ3n) is 4.91. The maximum Gasteiger partial charge on any atom is 0.254 e. The minimum absolute atomic E-state index is 0.0107. The first kappa shape index (κ1) is 22.1. The number of amides is 3. The van der Waals surface area contributed by atoms with E-state index in [1.807, 2.05) is 25.1 Å². The lowest BCUT2D eigenvalue weighted by atomic mass is 10.1. The fourth-order valence-electron chi connectivity index (χ4n) is 3.17. The maximum atomic E-state index is 13.1. The molecule has 0 aliphatic heterocycles. The van der Waals surface area contributed by atoms with Gasteiger partial charge in [-0.1, -0.05) is 12.1 Å². The van der Waals surface area contributed by atoms with E-state index in [0.29, 0.717) is 22.7 Å². The number of hydrogen-bond acceptors (Lipinski definition) is 5. The van der Waals surface area contributed by atoms with Gasteiger partial charge in [-0.2, -0.15) is 0 Å². The fraction of sp³-hybridized carbons (Fsp3) is 0.348. The smallest absolute Gasteiger partial charge is 0.254 e. The Balaban J connectivity index is 1.59. The number of nitrogens with zero attached hydrogens (tertiary/aromatic N) is 1. The van der Waals surface area contributed by atoms with Crippen molar-refractivity contribution >= 4 is 23.4 Å². The number of carbonyl (C=O) groups is 3. The summed E-state index contributed by atoms with van der Waals surface area (Å²) in [6.07, 6.45) is 1.68. The molecule has 0 unspecified atom stereocenters. The molecule has 2 N–H and O–H groups in total. The Morgan fingerprint density at radius 1 is 1.00 bits per heavy atom. The maximum absolute atomic E-state index is 13.1. The van der Waals surface area contributed by atoms with Crippen LogP contribution in [0.1, 0.15) is 28.8 Å². The molecule has 0 spiro atoms. The Morgan fingerprint density at radius 2 is 1.68 bits per heavy atom. The van der Waals surface area contributed by atoms with Crippen LogP contribution in [0.15, 0.2) is 42.5 Å². The molecule has 1 aliphatic carbocycles. The second kappa shape index (κ2) is 9.97. The zero-order valence-electron chi connectivity index (χ0n) is 17.9. The van der Waals surface area contributed by atoms with Gasteiger partial charge in [0, 0.05) is 23.4 Å². The highest BCUT2D eigenvalue weighted by molar-refractivity contribution is 5.99. The number of benzene rings is 2. The molecule has 2 aromatic carbocycles. The predicted molar refractivity (Wildman–Crippen MR) is 116 cm³/mol. The molecule has 1 aliphatic rings. The SMILES string of the molecule is COc1cc(OC)cc(C(=O)N(CC(=O)NCC(=O)Nc2cccc(C)c2)C2CC2)c1. The highest BCUT2D eigenvalue weighted by atomic mass is 16.5. The van der Waals surface area contributed by atoms with Crippen LogP contribution >= 0.6 is 0 Å². The van der Waals surface area contributed by atoms with Gasteiger partial charge in [-0.05, 0) is 49.6 Å². The van der Waals surface area contributed by atoms with Gasteiger partial charge in [0.1, 0.15) is 18.0 Å². The van der Waals surface area contributed by atoms with Crippen molar-refractivity contribution in [2.75, 3.05) is 32.6 Å². The van der Waals surface area contributed by atoms with Crippen molar-refractivity contribution in [3.05, 3.63) is 53.6 Å². The van der Waals surface area contributed by atoms with Crippen LogP contribution in [0.2, 0.25) is 0 Å². The molecule has 2 aromatic rings. The summed E-state index contributed by atoms with van der Waals surface area (Å²) >= 11 is 0. The highest BCUT2D eigenvalue weighted by Crippen LogP contribution is 2.30. The predicted octanol–water partition coefficient (Wildman–Crippen LogP) is 2.37. The molecule has 8 heteroatoms. The van der Waals surface area contributed by atoms with Crippen molar-refractivity contribution in [3.63, 3.8) is 0 Å². The topological polar surface area (TPSA) is 97.0 Å². The summed E-state index contributed by atoms with van der Waals surface area (Å²) in [7, 11) is 3.02. The average molecular weight is 425 g/mol. The molecule has 0 radical (unpaired) electrons. The van der Waals surface area contributed by atoms with Crippen LogP contribution in [0.3, 0.4) is 0 Å². The Morgan fingerprint density at radius 3 is 2.26 bits per heavy atom. The van der Waals surface area contributed by atoms with Crippen molar-refractivity contribution in [2.45, 2.75) is 25.8 Å². The zero-order valence-corrected chi connectivity index (χ0v) is 17.9. The van der Waals surface area contributed by atoms with Gasteiger partial charge in [0.15, 0.2) is 0 Å². The van der Waals surface area contributed by atoms with E-state index < -0.39 is 5.91 Å². The second-order valence-corrected chi connectivity index (χ2v) is 7.46. The van der Waals surface area contributed by atoms with Gasteiger partial charge in [-0.25, -0.2) is 0 Å². The standard InChI is InChI=1S/C23H27N3O5/c1-15-5-4-6-17(9-15)25-21(27)13-24-22(28)14-26(18-7-8-18)23(29)16-10-19(30-2)12-20(11-16)31-3/h4-6,9-12,18H,7-8,13-14H2,1-3H3,(H,24,28)(H,25,27). The van der Waals surface area contributed by atoms with Gasteiger partial charge in [0.2, 0.25) is 11.8 Å². The lowest BCUT2D eigenvalue weighted by molar-refractivity contribution is -0.124. The van der Waals surface area contributed by atoms with E-state index in [4.69, 9.17) is 9.47 Å². The number of methoxy groups -OCH3 is 2. The molecule has 8 nitrogen and oxygen atoms in total. The Labute approximate surface area is 181 Å². The minimum Gasteiger partial charge on any atom is -0.497 e. The normalized spacial score (nSPS) is 12.6. The highest BCUT2D eigenvalue weighted by Gasteiger charge is 2.34. The summed E-state index contributed by atoms with van der Waals surface area (Å²) in [6, 6.07) is 12.3. The van der Waals surface area contributed by atoms with Crippen molar-refractivity contribution in [1.82, 2.24) is 10.2 Å². The summed E-state index contributed by atoms with van der Waals surface area (Å²) in [5.41, 5.74) is 2.07. The van der Waals surface area contributed by atoms with Gasteiger partial charge in [-0.3, -0.25) is 14.4 Å². The van der Waals surface area contributed by atoms with Crippen LogP contribution in [-0.2, 0) is 9.59 Å². The third kappa shape index (κ3) is 6.21. The summed E-state index contributed by atoms with van der Waals surface area (Å²) in [5.74, 6) is -0.0132. The summed E-state index contributed by atoms with van der Waals surface area (Å²) < 4.78 is 10.5. The van der Waals surface area contributed by atoms with Crippen molar-refractivity contribution in [3.8, 4) is 11.5 Å². The van der Waals surface area contributed by atoms with Crippen LogP contribution in [0, 0.1) is 6.92 Å². The molecule has 31 heavy (non-hydrogen) atoms. The number of anilines is 1. The van der Waals surface area contributed by atoms with Crippen LogP contribution < -0.4 is 20.1 Å². The summed E-state index contributed by atoms with van der Waals surface area (Å²) in [6.45, 7) is 1.63. The van der Waals surface area contributed by atoms with Gasteiger partial charge in [0.05, 0.1) is 20.8 Å². The van der Waals surface area contributed by atoms with E-state index >= 15 is 0 Å². The summed E-state index contributed by atoms with van der Waals surface area (Å²) in [4.78, 5) is 39.2. The molecular weight excluding hydrogens is 398 g/mol. The number of hydrogen-bond donors (Lipinski definition) is 2. The van der Waals surface area contributed by atoms with E-state index in [1.165, 1.54) is 19.1 Å². The molecule has 0 aromatic heterocycles. The van der Waals surface area contributed by atoms with Crippen LogP contribution in [-0.4, -0.2) is 56.0 Å². The molecule has 0 bridgehead atoms. The van der Waals surface area contributed by atoms with E-state index in [9.17, 15) is 14.4 Å². The van der Waals surface area contributed by atoms with Crippen molar-refractivity contribution < 1.29 is 23.9 Å². The van der Waals surface area contributed by atoms with Crippen LogP contribution in [0.5, 0.6) is 11.5 Å². The first-order valence-corrected chi connectivity index (χ1v) is 10.1. The third-order valence-corrected chi connectivity index (χ3v) is 4.91. The van der Waals surface area contributed by atoms with Gasteiger partial charge in [-0.15, -0.1) is 0 Å². The van der Waals surface area contributed by atoms with Gasteiger partial charge >= 0.3 is 0 Å². The lowest BCUT2D eigenvalue weighted by Crippen LogP contribution is -2.43. The Kier molecular flexibility index (Phi) is 7.12. The number of ether oxygens (including phenoxy) is 2. The fourth-order valence-corrected chi connectivity index (χ4v) is 3.17. The first-order valence-electron chi connectivity index (χ1n) is 10.1. The van der Waals surface area contributed by atoms with E-state index in [-0.39, 0.29) is 30.9 Å². The molecule has 1 saturated carbocycles. The van der Waals surface area contributed by atoms with Crippen molar-refractivity contribution in [2.24, 2.45) is 0 Å². The number of aryl methyl sites for hydroxylation is 1. The summed E-state index contributed by atoms with van der Waals surface area (Å²) in [5, 5.41) is 5.33. The number of rotatable bonds is 9. The molecule has 0 heterocycles. The average Bonchev–Trinajstić information content (AvgIpc) is 3.60. The molecule has 3 rings (SSSR count). The molecule has 0 atom stereocenters. The van der Waals surface area contributed by atoms with Crippen LogP contribution in [0.4, 0.5) is 5.69 Å². The quantitative estimate of drug-likeness (QED) is 0.643. The van der Waals surface area contributed by atoms with Crippen LogP contribution in [0.25, 0.3) is 0 Å². The molecular formula is C23H27N3O5. The first-order chi connectivity index (χ1) is 14.9. The van der Waals surface area contributed by atoms with Crippen molar-refractivity contribution in [1.29, 1.82) is 0 Å². The number of nitrogens with one attached hydrogen (secondary N) is 2. The molecule has 0 saturated heterocycles. The molecule has 1 fully saturated rings. The van der Waals surface area contributed by atoms with Gasteiger partial charge < -0.3 is 25.0 Å². The monoisotopic (exact) mass is 425 g/mol. The van der Waals surface area contributed by atoms with E-state index in [0.717, 1.165) is 18.4 Å². The second-order valence-electron chi connectivity index (χ2n) is 7.46. The largest absolute Gasteiger partial charge is 0.497 e. The Hall–Kier alpha value is -3.55.